The molecule has 0 fully saturated rings. The monoisotopic (exact) mass is 341 g/mol. The van der Waals surface area contributed by atoms with Crippen LogP contribution in [0.4, 0.5) is 0 Å². The van der Waals surface area contributed by atoms with E-state index in [1.165, 1.54) is 12.1 Å². The van der Waals surface area contributed by atoms with Gasteiger partial charge < -0.3 is 10.2 Å². The van der Waals surface area contributed by atoms with Gasteiger partial charge in [0.1, 0.15) is 6.42 Å². The van der Waals surface area contributed by atoms with Crippen LogP contribution in [-0.4, -0.2) is 44.8 Å². The third-order valence-electron chi connectivity index (χ3n) is 3.42. The van der Waals surface area contributed by atoms with Crippen molar-refractivity contribution in [3.05, 3.63) is 29.8 Å². The molecule has 0 aliphatic rings. The number of amides is 2. The number of nitrogens with one attached hydrogen (secondary N) is 1. The highest BCUT2D eigenvalue weighted by Gasteiger charge is 2.14. The Balaban J connectivity index is 2.42. The second-order valence-corrected chi connectivity index (χ2v) is 6.59. The number of sulfonamides is 1. The van der Waals surface area contributed by atoms with Crippen LogP contribution in [0.15, 0.2) is 29.2 Å². The van der Waals surface area contributed by atoms with Crippen LogP contribution in [0.3, 0.4) is 0 Å². The SMILES string of the molecule is CCN(CC)C(=O)CC(=O)NCCc1ccc(S(N)(=O)=O)cc1. The minimum absolute atomic E-state index is 0.0510. The first-order valence-corrected chi connectivity index (χ1v) is 8.98. The van der Waals surface area contributed by atoms with Crippen LogP contribution < -0.4 is 10.5 Å². The molecule has 0 saturated carbocycles. The van der Waals surface area contributed by atoms with Gasteiger partial charge in [-0.15, -0.1) is 0 Å². The summed E-state index contributed by atoms with van der Waals surface area (Å²) in [6.45, 7) is 5.27. The van der Waals surface area contributed by atoms with Gasteiger partial charge in [0.05, 0.1) is 4.90 Å². The fourth-order valence-electron chi connectivity index (χ4n) is 2.08. The largest absolute Gasteiger partial charge is 0.355 e. The Kier molecular flexibility index (Phi) is 7.18. The average Bonchev–Trinajstić information content (AvgIpc) is 2.48. The molecule has 1 aromatic carbocycles. The van der Waals surface area contributed by atoms with Crippen LogP contribution in [0, 0.1) is 0 Å². The quantitative estimate of drug-likeness (QED) is 0.661. The summed E-state index contributed by atoms with van der Waals surface area (Å²) in [4.78, 5) is 25.1. The normalized spacial score (nSPS) is 11.1. The number of nitrogens with zero attached hydrogens (tertiary/aromatic N) is 1. The van der Waals surface area contributed by atoms with Gasteiger partial charge in [-0.25, -0.2) is 13.6 Å². The molecular weight excluding hydrogens is 318 g/mol. The van der Waals surface area contributed by atoms with Crippen LogP contribution in [0.25, 0.3) is 0 Å². The summed E-state index contributed by atoms with van der Waals surface area (Å²) < 4.78 is 22.3. The standard InChI is InChI=1S/C15H23N3O4S/c1-3-18(4-2)15(20)11-14(19)17-10-9-12-5-7-13(8-6-12)23(16,21)22/h5-8H,3-4,9-11H2,1-2H3,(H,17,19)(H2,16,21,22). The maximum atomic E-state index is 11.8. The molecule has 8 heteroatoms. The molecule has 128 valence electrons. The zero-order valence-corrected chi connectivity index (χ0v) is 14.2. The average molecular weight is 341 g/mol. The van der Waals surface area contributed by atoms with Gasteiger partial charge in [0.25, 0.3) is 0 Å². The van der Waals surface area contributed by atoms with Crippen molar-refractivity contribution in [2.45, 2.75) is 31.6 Å². The zero-order chi connectivity index (χ0) is 17.5. The molecule has 0 spiro atoms. The van der Waals surface area contributed by atoms with Crippen LogP contribution in [-0.2, 0) is 26.0 Å². The lowest BCUT2D eigenvalue weighted by molar-refractivity contribution is -0.135. The Hall–Kier alpha value is -1.93. The van der Waals surface area contributed by atoms with Gasteiger partial charge in [0.15, 0.2) is 0 Å². The first-order chi connectivity index (χ1) is 10.8. The molecule has 1 aromatic rings. The number of carbonyl (C=O) groups is 2. The second kappa shape index (κ2) is 8.64. The minimum Gasteiger partial charge on any atom is -0.355 e. The summed E-state index contributed by atoms with van der Waals surface area (Å²) in [5, 5.41) is 7.70. The Labute approximate surface area is 136 Å². The number of carbonyl (C=O) groups excluding carboxylic acids is 2. The van der Waals surface area contributed by atoms with Gasteiger partial charge in [0.2, 0.25) is 21.8 Å². The van der Waals surface area contributed by atoms with E-state index in [-0.39, 0.29) is 23.1 Å². The number of rotatable bonds is 8. The molecule has 2 amide bonds. The summed E-state index contributed by atoms with van der Waals surface area (Å²) >= 11 is 0. The summed E-state index contributed by atoms with van der Waals surface area (Å²) in [7, 11) is -3.69. The molecule has 3 N–H and O–H groups in total. The highest BCUT2D eigenvalue weighted by molar-refractivity contribution is 7.89. The molecule has 0 radical (unpaired) electrons. The van der Waals surface area contributed by atoms with Crippen molar-refractivity contribution in [1.29, 1.82) is 0 Å². The molecule has 0 aliphatic carbocycles. The van der Waals surface area contributed by atoms with Crippen molar-refractivity contribution >= 4 is 21.8 Å². The molecule has 0 bridgehead atoms. The smallest absolute Gasteiger partial charge is 0.238 e. The van der Waals surface area contributed by atoms with Crippen molar-refractivity contribution < 1.29 is 18.0 Å². The van der Waals surface area contributed by atoms with E-state index in [2.05, 4.69) is 5.32 Å². The first kappa shape index (κ1) is 19.1. The molecule has 0 heterocycles. The lowest BCUT2D eigenvalue weighted by Gasteiger charge is -2.18. The highest BCUT2D eigenvalue weighted by atomic mass is 32.2. The molecule has 7 nitrogen and oxygen atoms in total. The fourth-order valence-corrected chi connectivity index (χ4v) is 2.60. The third kappa shape index (κ3) is 6.37. The van der Waals surface area contributed by atoms with Gasteiger partial charge in [-0.2, -0.15) is 0 Å². The molecule has 0 saturated heterocycles. The Morgan fingerprint density at radius 1 is 1.13 bits per heavy atom. The van der Waals surface area contributed by atoms with E-state index < -0.39 is 10.0 Å². The summed E-state index contributed by atoms with van der Waals surface area (Å²) in [5.74, 6) is -0.506. The highest BCUT2D eigenvalue weighted by Crippen LogP contribution is 2.08. The molecular formula is C15H23N3O4S. The molecule has 23 heavy (non-hydrogen) atoms. The topological polar surface area (TPSA) is 110 Å². The van der Waals surface area contributed by atoms with Crippen LogP contribution in [0.2, 0.25) is 0 Å². The van der Waals surface area contributed by atoms with Gasteiger partial charge in [-0.3, -0.25) is 9.59 Å². The summed E-state index contributed by atoms with van der Waals surface area (Å²) in [6, 6.07) is 6.15. The van der Waals surface area contributed by atoms with Gasteiger partial charge in [0, 0.05) is 19.6 Å². The van der Waals surface area contributed by atoms with Gasteiger partial charge in [-0.1, -0.05) is 12.1 Å². The van der Waals surface area contributed by atoms with E-state index in [4.69, 9.17) is 5.14 Å². The van der Waals surface area contributed by atoms with Crippen LogP contribution in [0.5, 0.6) is 0 Å². The maximum absolute atomic E-state index is 11.8. The van der Waals surface area contributed by atoms with E-state index in [1.54, 1.807) is 17.0 Å². The van der Waals surface area contributed by atoms with E-state index in [0.717, 1.165) is 5.56 Å². The number of hydrogen-bond acceptors (Lipinski definition) is 4. The maximum Gasteiger partial charge on any atom is 0.238 e. The minimum atomic E-state index is -3.69. The van der Waals surface area contributed by atoms with Crippen molar-refractivity contribution in [2.75, 3.05) is 19.6 Å². The van der Waals surface area contributed by atoms with E-state index >= 15 is 0 Å². The van der Waals surface area contributed by atoms with Gasteiger partial charge in [-0.05, 0) is 38.0 Å². The van der Waals surface area contributed by atoms with Crippen molar-refractivity contribution in [1.82, 2.24) is 10.2 Å². The van der Waals surface area contributed by atoms with Crippen LogP contribution >= 0.6 is 0 Å². The number of primary sulfonamides is 1. The molecule has 0 atom stereocenters. The Morgan fingerprint density at radius 2 is 1.70 bits per heavy atom. The first-order valence-electron chi connectivity index (χ1n) is 7.44. The summed E-state index contributed by atoms with van der Waals surface area (Å²) in [5.41, 5.74) is 0.868. The lowest BCUT2D eigenvalue weighted by atomic mass is 10.1. The fraction of sp³-hybridized carbons (Fsp3) is 0.467. The number of benzene rings is 1. The predicted molar refractivity (Wildman–Crippen MR) is 87.1 cm³/mol. The van der Waals surface area contributed by atoms with E-state index in [1.807, 2.05) is 13.8 Å². The Morgan fingerprint density at radius 3 is 2.17 bits per heavy atom. The van der Waals surface area contributed by atoms with E-state index in [9.17, 15) is 18.0 Å². The second-order valence-electron chi connectivity index (χ2n) is 5.03. The Bertz CT molecular complexity index is 637. The lowest BCUT2D eigenvalue weighted by Crippen LogP contribution is -2.36. The molecule has 1 rings (SSSR count). The number of nitrogens with two attached hydrogens (primary N) is 1. The van der Waals surface area contributed by atoms with E-state index in [0.29, 0.717) is 26.1 Å². The van der Waals surface area contributed by atoms with Gasteiger partial charge >= 0.3 is 0 Å². The number of hydrogen-bond donors (Lipinski definition) is 2. The third-order valence-corrected chi connectivity index (χ3v) is 4.34. The summed E-state index contributed by atoms with van der Waals surface area (Å²) in [6.07, 6.45) is 0.377. The van der Waals surface area contributed by atoms with Crippen molar-refractivity contribution in [2.24, 2.45) is 5.14 Å². The molecule has 0 aromatic heterocycles. The molecule has 0 aliphatic heterocycles. The van der Waals surface area contributed by atoms with Crippen molar-refractivity contribution in [3.8, 4) is 0 Å². The molecule has 0 unspecified atom stereocenters. The van der Waals surface area contributed by atoms with Crippen molar-refractivity contribution in [3.63, 3.8) is 0 Å². The van der Waals surface area contributed by atoms with Crippen LogP contribution in [0.1, 0.15) is 25.8 Å². The predicted octanol–water partition coefficient (Wildman–Crippen LogP) is 0.251. The zero-order valence-electron chi connectivity index (χ0n) is 13.4.